The molecule has 0 radical (unpaired) electrons. The third-order valence-corrected chi connectivity index (χ3v) is 6.49. The van der Waals surface area contributed by atoms with Gasteiger partial charge in [0.15, 0.2) is 0 Å². The van der Waals surface area contributed by atoms with Crippen molar-refractivity contribution >= 4 is 56.7 Å². The first kappa shape index (κ1) is 19.7. The summed E-state index contributed by atoms with van der Waals surface area (Å²) in [7, 11) is 0. The number of nitrogens with zero attached hydrogens (tertiary/aromatic N) is 4. The largest absolute Gasteiger partial charge is 0.383 e. The summed E-state index contributed by atoms with van der Waals surface area (Å²) in [5.74, 6) is 1.10. The molecule has 2 aromatic carbocycles. The quantitative estimate of drug-likeness (QED) is 0.615. The number of nitrogens with two attached hydrogens (primary N) is 2. The molecule has 1 saturated heterocycles. The van der Waals surface area contributed by atoms with Gasteiger partial charge in [-0.15, -0.1) is 0 Å². The summed E-state index contributed by atoms with van der Waals surface area (Å²) in [4.78, 5) is 12.5. The van der Waals surface area contributed by atoms with E-state index in [2.05, 4.69) is 19.8 Å². The Morgan fingerprint density at radius 1 is 1.07 bits per heavy atom. The topological polar surface area (TPSA) is 84.3 Å². The minimum Gasteiger partial charge on any atom is -0.383 e. The molecule has 1 aliphatic rings. The number of nitrogen functional groups attached to an aromatic ring is 2. The van der Waals surface area contributed by atoms with Gasteiger partial charge in [0.1, 0.15) is 16.0 Å². The van der Waals surface area contributed by atoms with Crippen molar-refractivity contribution in [2.24, 2.45) is 0 Å². The van der Waals surface area contributed by atoms with Crippen LogP contribution >= 0.6 is 24.0 Å². The molecule has 2 heterocycles. The number of rotatable bonds is 3. The molecule has 4 rings (SSSR count). The van der Waals surface area contributed by atoms with Gasteiger partial charge in [0.05, 0.1) is 11.2 Å². The molecule has 4 N–H and O–H groups in total. The Balaban J connectivity index is 1.35. The predicted molar refractivity (Wildman–Crippen MR) is 122 cm³/mol. The zero-order valence-electron chi connectivity index (χ0n) is 15.7. The summed E-state index contributed by atoms with van der Waals surface area (Å²) in [5, 5.41) is 0.793. The number of aromatic nitrogens is 2. The van der Waals surface area contributed by atoms with E-state index in [1.165, 1.54) is 6.07 Å². The average molecular weight is 429 g/mol. The molecule has 1 fully saturated rings. The Morgan fingerprint density at radius 3 is 2.59 bits per heavy atom. The molecule has 0 atom stereocenters. The van der Waals surface area contributed by atoms with Gasteiger partial charge in [0, 0.05) is 37.3 Å². The van der Waals surface area contributed by atoms with Gasteiger partial charge in [-0.25, -0.2) is 9.37 Å². The Labute approximate surface area is 178 Å². The van der Waals surface area contributed by atoms with E-state index < -0.39 is 0 Å². The van der Waals surface area contributed by atoms with Crippen LogP contribution in [-0.2, 0) is 5.75 Å². The number of fused-ring (bicyclic) bond motifs is 1. The monoisotopic (exact) mass is 428 g/mol. The fourth-order valence-electron chi connectivity index (χ4n) is 3.38. The number of para-hydroxylation sites is 1. The second-order valence-corrected chi connectivity index (χ2v) is 8.41. The lowest BCUT2D eigenvalue weighted by Crippen LogP contribution is -2.47. The highest BCUT2D eigenvalue weighted by molar-refractivity contribution is 8.22. The molecule has 1 aliphatic heterocycles. The molecule has 0 saturated carbocycles. The van der Waals surface area contributed by atoms with Gasteiger partial charge in [0.2, 0.25) is 5.95 Å². The maximum absolute atomic E-state index is 14.0. The second kappa shape index (κ2) is 8.38. The van der Waals surface area contributed by atoms with Gasteiger partial charge < -0.3 is 21.3 Å². The molecule has 0 bridgehead atoms. The zero-order chi connectivity index (χ0) is 20.4. The number of hydrogen-bond acceptors (Lipinski definition) is 7. The van der Waals surface area contributed by atoms with E-state index in [1.807, 2.05) is 30.3 Å². The fraction of sp³-hybridized carbons (Fsp3) is 0.250. The second-order valence-electron chi connectivity index (χ2n) is 6.80. The molecule has 0 aliphatic carbocycles. The molecule has 29 heavy (non-hydrogen) atoms. The molecular formula is C20H21FN6S2. The summed E-state index contributed by atoms with van der Waals surface area (Å²) < 4.78 is 14.8. The van der Waals surface area contributed by atoms with Gasteiger partial charge in [0.25, 0.3) is 0 Å². The molecule has 9 heteroatoms. The molecule has 0 unspecified atom stereocenters. The molecule has 150 valence electrons. The van der Waals surface area contributed by atoms with Gasteiger partial charge in [-0.3, -0.25) is 0 Å². The van der Waals surface area contributed by atoms with Crippen molar-refractivity contribution in [2.45, 2.75) is 5.75 Å². The van der Waals surface area contributed by atoms with Crippen LogP contribution in [-0.4, -0.2) is 45.4 Å². The summed E-state index contributed by atoms with van der Waals surface area (Å²) in [5.41, 5.74) is 14.1. The lowest BCUT2D eigenvalue weighted by atomic mass is 10.1. The normalized spacial score (nSPS) is 14.4. The Hall–Kier alpha value is -2.65. The van der Waals surface area contributed by atoms with E-state index >= 15 is 0 Å². The lowest BCUT2D eigenvalue weighted by Gasteiger charge is -2.37. The van der Waals surface area contributed by atoms with Crippen molar-refractivity contribution in [2.75, 3.05) is 42.5 Å². The van der Waals surface area contributed by atoms with Crippen molar-refractivity contribution in [3.05, 3.63) is 53.8 Å². The Morgan fingerprint density at radius 2 is 1.83 bits per heavy atom. The zero-order valence-corrected chi connectivity index (χ0v) is 17.3. The Bertz CT molecular complexity index is 1050. The first-order valence-corrected chi connectivity index (χ1v) is 10.6. The van der Waals surface area contributed by atoms with E-state index in [1.54, 1.807) is 17.8 Å². The molecule has 0 amide bonds. The fourth-order valence-corrected chi connectivity index (χ4v) is 4.58. The van der Waals surface area contributed by atoms with Crippen molar-refractivity contribution in [1.82, 2.24) is 14.9 Å². The molecule has 3 aromatic rings. The van der Waals surface area contributed by atoms with E-state index in [0.29, 0.717) is 11.5 Å². The van der Waals surface area contributed by atoms with E-state index in [9.17, 15) is 4.39 Å². The first-order chi connectivity index (χ1) is 14.0. The molecule has 6 nitrogen and oxygen atoms in total. The molecule has 1 aromatic heterocycles. The van der Waals surface area contributed by atoms with E-state index in [0.717, 1.165) is 52.7 Å². The standard InChI is InChI=1S/C20H21FN6S2/c21-15-3-1-2-4-17(15)26-7-9-27(10-8-26)20(28)29-12-13-5-6-16-14(11-13)18(22)25-19(23)24-16/h1-6,11H,7-10,12H2,(H4,22,23,24,25). The third kappa shape index (κ3) is 4.35. The van der Waals surface area contributed by atoms with Gasteiger partial charge in [-0.2, -0.15) is 4.98 Å². The van der Waals surface area contributed by atoms with Crippen LogP contribution in [0.1, 0.15) is 5.56 Å². The number of anilines is 3. The van der Waals surface area contributed by atoms with Crippen LogP contribution in [0.5, 0.6) is 0 Å². The number of benzene rings is 2. The van der Waals surface area contributed by atoms with Crippen LogP contribution in [0, 0.1) is 5.82 Å². The van der Waals surface area contributed by atoms with Crippen LogP contribution < -0.4 is 16.4 Å². The van der Waals surface area contributed by atoms with Crippen LogP contribution in [0.4, 0.5) is 21.8 Å². The van der Waals surface area contributed by atoms with Gasteiger partial charge in [-0.05, 0) is 29.8 Å². The highest BCUT2D eigenvalue weighted by Crippen LogP contribution is 2.25. The SMILES string of the molecule is Nc1nc(N)c2cc(CSC(=S)N3CCN(c4ccccc4F)CC3)ccc2n1. The number of halogens is 1. The van der Waals surface area contributed by atoms with E-state index in [4.69, 9.17) is 23.7 Å². The first-order valence-electron chi connectivity index (χ1n) is 9.24. The smallest absolute Gasteiger partial charge is 0.222 e. The van der Waals surface area contributed by atoms with Gasteiger partial charge in [-0.1, -0.05) is 42.2 Å². The van der Waals surface area contributed by atoms with Crippen molar-refractivity contribution in [3.63, 3.8) is 0 Å². The molecule has 0 spiro atoms. The number of thiocarbonyl (C=S) groups is 1. The predicted octanol–water partition coefficient (Wildman–Crippen LogP) is 3.27. The van der Waals surface area contributed by atoms with Crippen LogP contribution in [0.3, 0.4) is 0 Å². The highest BCUT2D eigenvalue weighted by atomic mass is 32.2. The Kier molecular flexibility index (Phi) is 5.68. The number of thioether (sulfide) groups is 1. The highest BCUT2D eigenvalue weighted by Gasteiger charge is 2.21. The maximum atomic E-state index is 14.0. The average Bonchev–Trinajstić information content (AvgIpc) is 2.72. The summed E-state index contributed by atoms with van der Waals surface area (Å²) in [6.07, 6.45) is 0. The van der Waals surface area contributed by atoms with Crippen molar-refractivity contribution in [3.8, 4) is 0 Å². The van der Waals surface area contributed by atoms with E-state index in [-0.39, 0.29) is 11.8 Å². The lowest BCUT2D eigenvalue weighted by molar-refractivity contribution is 0.395. The molecular weight excluding hydrogens is 407 g/mol. The number of hydrogen-bond donors (Lipinski definition) is 2. The van der Waals surface area contributed by atoms with Crippen LogP contribution in [0.15, 0.2) is 42.5 Å². The summed E-state index contributed by atoms with van der Waals surface area (Å²) >= 11 is 7.24. The summed E-state index contributed by atoms with van der Waals surface area (Å²) in [6.45, 7) is 3.04. The number of piperazine rings is 1. The minimum absolute atomic E-state index is 0.174. The van der Waals surface area contributed by atoms with Crippen molar-refractivity contribution < 1.29 is 4.39 Å². The summed E-state index contributed by atoms with van der Waals surface area (Å²) in [6, 6.07) is 12.8. The maximum Gasteiger partial charge on any atom is 0.222 e. The van der Waals surface area contributed by atoms with Crippen molar-refractivity contribution in [1.29, 1.82) is 0 Å². The van der Waals surface area contributed by atoms with Crippen LogP contribution in [0.25, 0.3) is 10.9 Å². The minimum atomic E-state index is -0.181. The van der Waals surface area contributed by atoms with Gasteiger partial charge >= 0.3 is 0 Å². The van der Waals surface area contributed by atoms with Crippen LogP contribution in [0.2, 0.25) is 0 Å². The third-order valence-electron chi connectivity index (χ3n) is 4.90.